The third-order valence-electron chi connectivity index (χ3n) is 5.05. The molecule has 1 fully saturated rings. The first-order chi connectivity index (χ1) is 13.3. The minimum absolute atomic E-state index is 0.000312. The fourth-order valence-corrected chi connectivity index (χ4v) is 3.47. The van der Waals surface area contributed by atoms with Gasteiger partial charge in [-0.2, -0.15) is 13.2 Å². The number of para-hydroxylation sites is 1. The smallest absolute Gasteiger partial charge is 0.331 e. The Morgan fingerprint density at radius 2 is 1.96 bits per heavy atom. The first-order valence-corrected chi connectivity index (χ1v) is 9.11. The van der Waals surface area contributed by atoms with Crippen LogP contribution in [0.1, 0.15) is 36.9 Å². The molecule has 0 radical (unpaired) electrons. The van der Waals surface area contributed by atoms with Gasteiger partial charge in [-0.15, -0.1) is 5.10 Å². The number of benzene rings is 2. The van der Waals surface area contributed by atoms with Crippen molar-refractivity contribution in [2.24, 2.45) is 0 Å². The number of fused-ring (bicyclic) bond motifs is 1. The molecule has 1 aliphatic rings. The predicted molar refractivity (Wildman–Crippen MR) is 97.3 cm³/mol. The average Bonchev–Trinajstić information content (AvgIpc) is 3.42. The summed E-state index contributed by atoms with van der Waals surface area (Å²) in [6, 6.07) is 12.1. The van der Waals surface area contributed by atoms with Crippen molar-refractivity contribution in [1.29, 1.82) is 0 Å². The maximum Gasteiger partial charge on any atom is 0.416 e. The standard InChI is InChI=1S/C20H19F3N4O/c1-13(14-5-4-6-15(11-14)20(21,22)23)27(16-9-10-16)19(28)12-26-18-8-3-2-7-17(18)24-25-26/h2-8,11,13,16H,9-10,12H2,1H3. The summed E-state index contributed by atoms with van der Waals surface area (Å²) in [7, 11) is 0. The van der Waals surface area contributed by atoms with Crippen molar-refractivity contribution in [3.05, 3.63) is 59.7 Å². The second-order valence-corrected chi connectivity index (χ2v) is 7.07. The van der Waals surface area contributed by atoms with Crippen LogP contribution in [0.15, 0.2) is 48.5 Å². The van der Waals surface area contributed by atoms with Crippen molar-refractivity contribution < 1.29 is 18.0 Å². The van der Waals surface area contributed by atoms with Gasteiger partial charge >= 0.3 is 6.18 Å². The first kappa shape index (κ1) is 18.5. The average molecular weight is 388 g/mol. The summed E-state index contributed by atoms with van der Waals surface area (Å²) < 4.78 is 40.7. The van der Waals surface area contributed by atoms with Gasteiger partial charge in [-0.3, -0.25) is 4.79 Å². The Morgan fingerprint density at radius 3 is 2.68 bits per heavy atom. The Labute approximate surface area is 159 Å². The van der Waals surface area contributed by atoms with Gasteiger partial charge in [-0.25, -0.2) is 4.68 Å². The summed E-state index contributed by atoms with van der Waals surface area (Å²) in [5.74, 6) is -0.178. The molecule has 3 aromatic rings. The normalized spacial score (nSPS) is 15.6. The monoisotopic (exact) mass is 388 g/mol. The second kappa shape index (κ2) is 6.92. The van der Waals surface area contributed by atoms with Crippen LogP contribution < -0.4 is 0 Å². The van der Waals surface area contributed by atoms with E-state index in [2.05, 4.69) is 10.3 Å². The highest BCUT2D eigenvalue weighted by Gasteiger charge is 2.37. The molecule has 5 nitrogen and oxygen atoms in total. The van der Waals surface area contributed by atoms with Gasteiger partial charge in [0.05, 0.1) is 17.1 Å². The number of hydrogen-bond acceptors (Lipinski definition) is 3. The number of nitrogens with zero attached hydrogens (tertiary/aromatic N) is 4. The molecule has 1 aliphatic carbocycles. The van der Waals surface area contributed by atoms with Crippen LogP contribution in [0, 0.1) is 0 Å². The van der Waals surface area contributed by atoms with Crippen LogP contribution in [-0.4, -0.2) is 31.8 Å². The van der Waals surface area contributed by atoms with E-state index in [0.717, 1.165) is 30.5 Å². The van der Waals surface area contributed by atoms with Crippen molar-refractivity contribution in [2.75, 3.05) is 0 Å². The summed E-state index contributed by atoms with van der Waals surface area (Å²) in [4.78, 5) is 14.7. The zero-order valence-electron chi connectivity index (χ0n) is 15.2. The van der Waals surface area contributed by atoms with Gasteiger partial charge in [-0.05, 0) is 49.6 Å². The van der Waals surface area contributed by atoms with Crippen molar-refractivity contribution in [2.45, 2.75) is 44.6 Å². The third kappa shape index (κ3) is 3.58. The second-order valence-electron chi connectivity index (χ2n) is 7.07. The molecule has 0 bridgehead atoms. The summed E-state index contributed by atoms with van der Waals surface area (Å²) in [5, 5.41) is 8.10. The molecule has 1 saturated carbocycles. The molecule has 4 rings (SSSR count). The zero-order chi connectivity index (χ0) is 19.9. The topological polar surface area (TPSA) is 51.0 Å². The lowest BCUT2D eigenvalue weighted by Crippen LogP contribution is -2.38. The van der Waals surface area contributed by atoms with E-state index in [9.17, 15) is 18.0 Å². The molecule has 28 heavy (non-hydrogen) atoms. The van der Waals surface area contributed by atoms with E-state index in [1.165, 1.54) is 10.7 Å². The van der Waals surface area contributed by atoms with Crippen molar-refractivity contribution in [1.82, 2.24) is 19.9 Å². The van der Waals surface area contributed by atoms with Crippen LogP contribution in [0.2, 0.25) is 0 Å². The molecule has 1 heterocycles. The van der Waals surface area contributed by atoms with Crippen molar-refractivity contribution >= 4 is 16.9 Å². The number of carbonyl (C=O) groups is 1. The van der Waals surface area contributed by atoms with E-state index in [1.807, 2.05) is 24.3 Å². The molecule has 1 atom stereocenters. The van der Waals surface area contributed by atoms with Gasteiger partial charge < -0.3 is 4.90 Å². The van der Waals surface area contributed by atoms with E-state index in [0.29, 0.717) is 11.1 Å². The molecular formula is C20H19F3N4O. The van der Waals surface area contributed by atoms with E-state index in [4.69, 9.17) is 0 Å². The Morgan fingerprint density at radius 1 is 1.21 bits per heavy atom. The zero-order valence-corrected chi connectivity index (χ0v) is 15.2. The molecule has 1 aromatic heterocycles. The van der Waals surface area contributed by atoms with E-state index >= 15 is 0 Å². The fraction of sp³-hybridized carbons (Fsp3) is 0.350. The predicted octanol–water partition coefficient (Wildman–Crippen LogP) is 4.20. The highest BCUT2D eigenvalue weighted by Crippen LogP contribution is 2.37. The SMILES string of the molecule is CC(c1cccc(C(F)(F)F)c1)N(C(=O)Cn1nnc2ccccc21)C1CC1. The minimum atomic E-state index is -4.41. The summed E-state index contributed by atoms with van der Waals surface area (Å²) in [6.07, 6.45) is -2.70. The molecule has 146 valence electrons. The van der Waals surface area contributed by atoms with Crippen LogP contribution >= 0.6 is 0 Å². The quantitative estimate of drug-likeness (QED) is 0.658. The molecule has 0 aliphatic heterocycles. The number of aromatic nitrogens is 3. The maximum atomic E-state index is 13.1. The lowest BCUT2D eigenvalue weighted by Gasteiger charge is -2.30. The van der Waals surface area contributed by atoms with Gasteiger partial charge in [0.1, 0.15) is 12.1 Å². The first-order valence-electron chi connectivity index (χ1n) is 9.11. The minimum Gasteiger partial charge on any atom is -0.331 e. The highest BCUT2D eigenvalue weighted by molar-refractivity contribution is 5.80. The number of carbonyl (C=O) groups excluding carboxylic acids is 1. The molecule has 8 heteroatoms. The van der Waals surface area contributed by atoms with Crippen molar-refractivity contribution in [3.63, 3.8) is 0 Å². The summed E-state index contributed by atoms with van der Waals surface area (Å²) >= 11 is 0. The number of halogens is 3. The van der Waals surface area contributed by atoms with Gasteiger partial charge in [0.25, 0.3) is 0 Å². The summed E-state index contributed by atoms with van der Waals surface area (Å²) in [5.41, 5.74) is 1.21. The fourth-order valence-electron chi connectivity index (χ4n) is 3.47. The molecule has 1 amide bonds. The van der Waals surface area contributed by atoms with Crippen LogP contribution in [0.4, 0.5) is 13.2 Å². The van der Waals surface area contributed by atoms with Gasteiger partial charge in [0, 0.05) is 6.04 Å². The number of alkyl halides is 3. The molecule has 0 spiro atoms. The van der Waals surface area contributed by atoms with Crippen LogP contribution in [-0.2, 0) is 17.5 Å². The van der Waals surface area contributed by atoms with Crippen molar-refractivity contribution in [3.8, 4) is 0 Å². The lowest BCUT2D eigenvalue weighted by molar-refractivity contribution is -0.137. The Bertz CT molecular complexity index is 1010. The van der Waals surface area contributed by atoms with E-state index < -0.39 is 17.8 Å². The molecule has 0 saturated heterocycles. The van der Waals surface area contributed by atoms with Crippen LogP contribution in [0.5, 0.6) is 0 Å². The molecule has 0 N–H and O–H groups in total. The molecule has 2 aromatic carbocycles. The van der Waals surface area contributed by atoms with Gasteiger partial charge in [-0.1, -0.05) is 29.5 Å². The lowest BCUT2D eigenvalue weighted by atomic mass is 10.0. The Hall–Kier alpha value is -2.90. The maximum absolute atomic E-state index is 13.1. The molecular weight excluding hydrogens is 369 g/mol. The number of amides is 1. The molecule has 1 unspecified atom stereocenters. The Balaban J connectivity index is 1.59. The number of hydrogen-bond donors (Lipinski definition) is 0. The number of rotatable bonds is 5. The van der Waals surface area contributed by atoms with E-state index in [1.54, 1.807) is 17.9 Å². The van der Waals surface area contributed by atoms with Crippen LogP contribution in [0.3, 0.4) is 0 Å². The Kier molecular flexibility index (Phi) is 4.56. The highest BCUT2D eigenvalue weighted by atomic mass is 19.4. The third-order valence-corrected chi connectivity index (χ3v) is 5.05. The van der Waals surface area contributed by atoms with E-state index in [-0.39, 0.29) is 18.5 Å². The van der Waals surface area contributed by atoms with Crippen LogP contribution in [0.25, 0.3) is 11.0 Å². The summed E-state index contributed by atoms with van der Waals surface area (Å²) in [6.45, 7) is 1.77. The van der Waals surface area contributed by atoms with Gasteiger partial charge in [0.2, 0.25) is 5.91 Å². The van der Waals surface area contributed by atoms with Gasteiger partial charge in [0.15, 0.2) is 0 Å². The largest absolute Gasteiger partial charge is 0.416 e.